The van der Waals surface area contributed by atoms with Gasteiger partial charge in [0, 0.05) is 36.2 Å². The molecule has 1 atom stereocenters. The Morgan fingerprint density at radius 1 is 1.47 bits per heavy atom. The number of fused-ring (bicyclic) bond motifs is 1. The van der Waals surface area contributed by atoms with Crippen LogP contribution in [-0.4, -0.2) is 24.7 Å². The van der Waals surface area contributed by atoms with Crippen LogP contribution in [0.15, 0.2) is 29.2 Å². The van der Waals surface area contributed by atoms with Gasteiger partial charge >= 0.3 is 0 Å². The molecular weight excluding hydrogens is 232 g/mol. The monoisotopic (exact) mass is 250 g/mol. The van der Waals surface area contributed by atoms with Gasteiger partial charge in [0.05, 0.1) is 0 Å². The van der Waals surface area contributed by atoms with Crippen molar-refractivity contribution in [2.45, 2.75) is 24.3 Å². The number of hydrogen-bond acceptors (Lipinski definition) is 3. The molecule has 0 saturated heterocycles. The molecule has 0 fully saturated rings. The van der Waals surface area contributed by atoms with Crippen LogP contribution in [0.5, 0.6) is 0 Å². The van der Waals surface area contributed by atoms with Crippen molar-refractivity contribution in [1.29, 1.82) is 0 Å². The lowest BCUT2D eigenvalue weighted by atomic mass is 10.1. The van der Waals surface area contributed by atoms with Crippen molar-refractivity contribution in [2.75, 3.05) is 18.8 Å². The van der Waals surface area contributed by atoms with Gasteiger partial charge < -0.3 is 10.6 Å². The molecule has 4 heteroatoms. The molecule has 3 nitrogen and oxygen atoms in total. The third kappa shape index (κ3) is 3.23. The van der Waals surface area contributed by atoms with Crippen molar-refractivity contribution in [3.63, 3.8) is 0 Å². The number of hydrogen-bond donors (Lipinski definition) is 2. The highest BCUT2D eigenvalue weighted by Crippen LogP contribution is 2.37. The van der Waals surface area contributed by atoms with Crippen LogP contribution >= 0.6 is 11.8 Å². The molecule has 17 heavy (non-hydrogen) atoms. The van der Waals surface area contributed by atoms with E-state index in [1.54, 1.807) is 0 Å². The van der Waals surface area contributed by atoms with Crippen LogP contribution in [0.4, 0.5) is 0 Å². The van der Waals surface area contributed by atoms with Gasteiger partial charge in [-0.15, -0.1) is 11.8 Å². The maximum atomic E-state index is 11.3. The van der Waals surface area contributed by atoms with E-state index < -0.39 is 0 Å². The standard InChI is InChI=1S/C13H18N2OS/c1-2-14-13(16)7-8-15-11-9-17-12-6-4-3-5-10(11)12/h3-6,11,15H,2,7-9H2,1H3,(H,14,16). The average molecular weight is 250 g/mol. The van der Waals surface area contributed by atoms with Crippen molar-refractivity contribution >= 4 is 17.7 Å². The Morgan fingerprint density at radius 3 is 3.12 bits per heavy atom. The van der Waals surface area contributed by atoms with E-state index in [1.807, 2.05) is 18.7 Å². The van der Waals surface area contributed by atoms with Gasteiger partial charge in [0.1, 0.15) is 0 Å². The SMILES string of the molecule is CCNC(=O)CCNC1CSc2ccccc21. The summed E-state index contributed by atoms with van der Waals surface area (Å²) in [6.07, 6.45) is 0.553. The van der Waals surface area contributed by atoms with Crippen molar-refractivity contribution in [3.05, 3.63) is 29.8 Å². The van der Waals surface area contributed by atoms with Gasteiger partial charge in [-0.05, 0) is 18.6 Å². The molecule has 0 saturated carbocycles. The second kappa shape index (κ2) is 6.07. The van der Waals surface area contributed by atoms with E-state index in [9.17, 15) is 4.79 Å². The molecule has 0 aromatic heterocycles. The topological polar surface area (TPSA) is 41.1 Å². The summed E-state index contributed by atoms with van der Waals surface area (Å²) in [7, 11) is 0. The summed E-state index contributed by atoms with van der Waals surface area (Å²) in [6, 6.07) is 8.86. The normalized spacial score (nSPS) is 17.8. The zero-order valence-electron chi connectivity index (χ0n) is 10.0. The second-order valence-electron chi connectivity index (χ2n) is 4.06. The lowest BCUT2D eigenvalue weighted by Gasteiger charge is -2.12. The number of amides is 1. The summed E-state index contributed by atoms with van der Waals surface area (Å²) in [5, 5.41) is 6.25. The van der Waals surface area contributed by atoms with Gasteiger partial charge in [-0.25, -0.2) is 0 Å². The highest BCUT2D eigenvalue weighted by Gasteiger charge is 2.21. The molecule has 92 valence electrons. The van der Waals surface area contributed by atoms with Crippen LogP contribution in [0.25, 0.3) is 0 Å². The fourth-order valence-electron chi connectivity index (χ4n) is 1.98. The minimum absolute atomic E-state index is 0.124. The zero-order valence-corrected chi connectivity index (χ0v) is 10.8. The third-order valence-electron chi connectivity index (χ3n) is 2.82. The quantitative estimate of drug-likeness (QED) is 0.839. The van der Waals surface area contributed by atoms with Crippen molar-refractivity contribution < 1.29 is 4.79 Å². The molecule has 0 radical (unpaired) electrons. The number of carbonyl (C=O) groups excluding carboxylic acids is 1. The van der Waals surface area contributed by atoms with E-state index in [4.69, 9.17) is 0 Å². The Morgan fingerprint density at radius 2 is 2.29 bits per heavy atom. The predicted octanol–water partition coefficient (Wildman–Crippen LogP) is 1.95. The largest absolute Gasteiger partial charge is 0.356 e. The summed E-state index contributed by atoms with van der Waals surface area (Å²) in [5.41, 5.74) is 1.37. The Kier molecular flexibility index (Phi) is 4.45. The molecule has 2 rings (SSSR count). The third-order valence-corrected chi connectivity index (χ3v) is 4.00. The molecule has 1 aliphatic heterocycles. The second-order valence-corrected chi connectivity index (χ2v) is 5.12. The zero-order chi connectivity index (χ0) is 12.1. The molecule has 0 bridgehead atoms. The number of nitrogens with one attached hydrogen (secondary N) is 2. The van der Waals surface area contributed by atoms with Gasteiger partial charge in [-0.2, -0.15) is 0 Å². The molecular formula is C13H18N2OS. The first kappa shape index (κ1) is 12.5. The number of carbonyl (C=O) groups is 1. The van der Waals surface area contributed by atoms with Crippen molar-refractivity contribution in [3.8, 4) is 0 Å². The van der Waals surface area contributed by atoms with Gasteiger partial charge in [-0.1, -0.05) is 18.2 Å². The molecule has 1 amide bonds. The van der Waals surface area contributed by atoms with Gasteiger partial charge in [0.15, 0.2) is 0 Å². The molecule has 0 aliphatic carbocycles. The van der Waals surface area contributed by atoms with E-state index in [0.29, 0.717) is 19.0 Å². The van der Waals surface area contributed by atoms with Crippen LogP contribution in [0.3, 0.4) is 0 Å². The molecule has 1 aromatic rings. The first-order valence-electron chi connectivity index (χ1n) is 6.03. The van der Waals surface area contributed by atoms with Crippen molar-refractivity contribution in [2.24, 2.45) is 0 Å². The summed E-state index contributed by atoms with van der Waals surface area (Å²) in [5.74, 6) is 1.19. The lowest BCUT2D eigenvalue weighted by Crippen LogP contribution is -2.29. The molecule has 0 spiro atoms. The fraction of sp³-hybridized carbons (Fsp3) is 0.462. The summed E-state index contributed by atoms with van der Waals surface area (Å²) < 4.78 is 0. The molecule has 1 heterocycles. The summed E-state index contributed by atoms with van der Waals surface area (Å²) in [6.45, 7) is 3.39. The Balaban J connectivity index is 1.80. The predicted molar refractivity (Wildman–Crippen MR) is 71.2 cm³/mol. The minimum atomic E-state index is 0.124. The smallest absolute Gasteiger partial charge is 0.221 e. The first-order chi connectivity index (χ1) is 8.31. The van der Waals surface area contributed by atoms with Crippen molar-refractivity contribution in [1.82, 2.24) is 10.6 Å². The maximum Gasteiger partial charge on any atom is 0.221 e. The molecule has 2 N–H and O–H groups in total. The summed E-state index contributed by atoms with van der Waals surface area (Å²) >= 11 is 1.88. The van der Waals surface area contributed by atoms with Crippen LogP contribution in [0.1, 0.15) is 24.9 Å². The van der Waals surface area contributed by atoms with Crippen LogP contribution in [0, 0.1) is 0 Å². The maximum absolute atomic E-state index is 11.3. The Hall–Kier alpha value is -1.00. The fourth-order valence-corrected chi connectivity index (χ4v) is 3.17. The van der Waals surface area contributed by atoms with Crippen LogP contribution < -0.4 is 10.6 Å². The lowest BCUT2D eigenvalue weighted by molar-refractivity contribution is -0.120. The van der Waals surface area contributed by atoms with E-state index in [0.717, 1.165) is 12.3 Å². The molecule has 1 aliphatic rings. The average Bonchev–Trinajstić information content (AvgIpc) is 2.73. The van der Waals surface area contributed by atoms with E-state index in [-0.39, 0.29) is 5.91 Å². The summed E-state index contributed by atoms with van der Waals surface area (Å²) in [4.78, 5) is 12.7. The Labute approximate surface area is 106 Å². The molecule has 1 unspecified atom stereocenters. The van der Waals surface area contributed by atoms with Gasteiger partial charge in [0.2, 0.25) is 5.91 Å². The van der Waals surface area contributed by atoms with E-state index in [1.165, 1.54) is 10.5 Å². The number of thioether (sulfide) groups is 1. The molecule has 1 aromatic carbocycles. The Bertz CT molecular complexity index is 395. The van der Waals surface area contributed by atoms with E-state index >= 15 is 0 Å². The number of benzene rings is 1. The van der Waals surface area contributed by atoms with E-state index in [2.05, 4.69) is 34.9 Å². The van der Waals surface area contributed by atoms with Crippen LogP contribution in [-0.2, 0) is 4.79 Å². The highest BCUT2D eigenvalue weighted by molar-refractivity contribution is 7.99. The minimum Gasteiger partial charge on any atom is -0.356 e. The highest BCUT2D eigenvalue weighted by atomic mass is 32.2. The van der Waals surface area contributed by atoms with Crippen LogP contribution in [0.2, 0.25) is 0 Å². The first-order valence-corrected chi connectivity index (χ1v) is 7.01. The number of rotatable bonds is 5. The van der Waals surface area contributed by atoms with Gasteiger partial charge in [-0.3, -0.25) is 4.79 Å². The van der Waals surface area contributed by atoms with Gasteiger partial charge in [0.25, 0.3) is 0 Å².